The van der Waals surface area contributed by atoms with Gasteiger partial charge < -0.3 is 14.6 Å². The van der Waals surface area contributed by atoms with Crippen molar-refractivity contribution in [3.05, 3.63) is 0 Å². The van der Waals surface area contributed by atoms with Crippen LogP contribution in [0.25, 0.3) is 0 Å². The second-order valence-corrected chi connectivity index (χ2v) is 4.32. The van der Waals surface area contributed by atoms with Gasteiger partial charge in [0.2, 0.25) is 0 Å². The largest absolute Gasteiger partial charge is 0.477 e. The van der Waals surface area contributed by atoms with Crippen LogP contribution in [0.5, 0.6) is 0 Å². The molecule has 0 radical (unpaired) electrons. The van der Waals surface area contributed by atoms with E-state index in [0.29, 0.717) is 12.8 Å². The fraction of sp³-hybridized carbons (Fsp3) is 0.909. The maximum Gasteiger partial charge on any atom is 0.377 e. The van der Waals surface area contributed by atoms with Crippen LogP contribution in [0.4, 0.5) is 8.78 Å². The first-order valence-electron chi connectivity index (χ1n) is 5.72. The lowest BCUT2D eigenvalue weighted by atomic mass is 9.83. The van der Waals surface area contributed by atoms with E-state index in [1.54, 1.807) is 0 Å². The van der Waals surface area contributed by atoms with Crippen molar-refractivity contribution in [2.45, 2.75) is 44.1 Å². The number of alkyl halides is 2. The van der Waals surface area contributed by atoms with Crippen LogP contribution in [0.3, 0.4) is 0 Å². The average Bonchev–Trinajstić information content (AvgIpc) is 2.30. The van der Waals surface area contributed by atoms with Gasteiger partial charge in [-0.15, -0.1) is 0 Å². The lowest BCUT2D eigenvalue weighted by molar-refractivity contribution is -0.214. The van der Waals surface area contributed by atoms with Crippen molar-refractivity contribution in [1.82, 2.24) is 0 Å². The molecule has 1 N–H and O–H groups in total. The molecule has 1 aliphatic rings. The zero-order chi connectivity index (χ0) is 12.9. The summed E-state index contributed by atoms with van der Waals surface area (Å²) in [7, 11) is 1.32. The number of methoxy groups -OCH3 is 1. The van der Waals surface area contributed by atoms with Gasteiger partial charge in [0.15, 0.2) is 0 Å². The first kappa shape index (κ1) is 14.3. The summed E-state index contributed by atoms with van der Waals surface area (Å²) in [5.41, 5.74) is 0. The molecule has 0 amide bonds. The second kappa shape index (κ2) is 6.26. The number of hydrogen-bond acceptors (Lipinski definition) is 3. The number of hydrogen-bond donors (Lipinski definition) is 1. The van der Waals surface area contributed by atoms with E-state index in [0.717, 1.165) is 19.3 Å². The smallest absolute Gasteiger partial charge is 0.377 e. The lowest BCUT2D eigenvalue weighted by Crippen LogP contribution is -2.48. The van der Waals surface area contributed by atoms with Crippen LogP contribution in [0.2, 0.25) is 0 Å². The highest BCUT2D eigenvalue weighted by Crippen LogP contribution is 2.36. The van der Waals surface area contributed by atoms with Gasteiger partial charge in [-0.3, -0.25) is 0 Å². The molecule has 1 fully saturated rings. The molecule has 6 heteroatoms. The van der Waals surface area contributed by atoms with E-state index in [9.17, 15) is 13.6 Å². The van der Waals surface area contributed by atoms with Crippen LogP contribution in [0.15, 0.2) is 0 Å². The molecule has 1 rings (SSSR count). The quantitative estimate of drug-likeness (QED) is 0.737. The van der Waals surface area contributed by atoms with Gasteiger partial charge in [-0.25, -0.2) is 4.79 Å². The highest BCUT2D eigenvalue weighted by molar-refractivity contribution is 5.76. The molecule has 0 spiro atoms. The number of halogens is 2. The van der Waals surface area contributed by atoms with E-state index in [1.165, 1.54) is 7.11 Å². The van der Waals surface area contributed by atoms with Gasteiger partial charge in [-0.1, -0.05) is 19.3 Å². The molecule has 1 aliphatic carbocycles. The molecular formula is C11H18F2O4. The second-order valence-electron chi connectivity index (χ2n) is 4.32. The molecule has 1 unspecified atom stereocenters. The monoisotopic (exact) mass is 252 g/mol. The SMILES string of the molecule is COCOC(C1CCCCC1)C(F)(F)C(=O)O. The normalized spacial score (nSPS) is 20.2. The summed E-state index contributed by atoms with van der Waals surface area (Å²) < 4.78 is 36.6. The molecule has 0 aromatic carbocycles. The number of carbonyl (C=O) groups is 1. The predicted molar refractivity (Wildman–Crippen MR) is 55.9 cm³/mol. The third-order valence-electron chi connectivity index (χ3n) is 3.09. The summed E-state index contributed by atoms with van der Waals surface area (Å²) in [5.74, 6) is -6.41. The molecule has 4 nitrogen and oxygen atoms in total. The Morgan fingerprint density at radius 1 is 1.41 bits per heavy atom. The van der Waals surface area contributed by atoms with Gasteiger partial charge in [0.25, 0.3) is 0 Å². The summed E-state index contributed by atoms with van der Waals surface area (Å²) in [6, 6.07) is 0. The summed E-state index contributed by atoms with van der Waals surface area (Å²) in [6.45, 7) is -0.315. The Morgan fingerprint density at radius 3 is 2.47 bits per heavy atom. The highest BCUT2D eigenvalue weighted by Gasteiger charge is 2.52. The van der Waals surface area contributed by atoms with Crippen LogP contribution in [-0.4, -0.2) is 37.0 Å². The van der Waals surface area contributed by atoms with E-state index in [-0.39, 0.29) is 6.79 Å². The van der Waals surface area contributed by atoms with Gasteiger partial charge in [0.1, 0.15) is 12.9 Å². The Hall–Kier alpha value is -0.750. The number of aliphatic carboxylic acids is 1. The fourth-order valence-corrected chi connectivity index (χ4v) is 2.24. The van der Waals surface area contributed by atoms with Crippen LogP contribution in [0, 0.1) is 5.92 Å². The summed E-state index contributed by atoms with van der Waals surface area (Å²) in [6.07, 6.45) is 2.25. The highest BCUT2D eigenvalue weighted by atomic mass is 19.3. The van der Waals surface area contributed by atoms with Crippen LogP contribution in [-0.2, 0) is 14.3 Å². The Balaban J connectivity index is 2.74. The van der Waals surface area contributed by atoms with Crippen LogP contribution >= 0.6 is 0 Å². The van der Waals surface area contributed by atoms with Gasteiger partial charge >= 0.3 is 11.9 Å². The first-order chi connectivity index (χ1) is 8.00. The molecule has 1 atom stereocenters. The molecule has 0 bridgehead atoms. The van der Waals surface area contributed by atoms with E-state index in [4.69, 9.17) is 9.84 Å². The van der Waals surface area contributed by atoms with Crippen LogP contribution in [0.1, 0.15) is 32.1 Å². The van der Waals surface area contributed by atoms with Crippen molar-refractivity contribution in [3.63, 3.8) is 0 Å². The number of carboxylic acid groups (broad SMARTS) is 1. The van der Waals surface area contributed by atoms with Gasteiger partial charge in [-0.2, -0.15) is 8.78 Å². The maximum absolute atomic E-state index is 13.5. The molecule has 0 aromatic rings. The zero-order valence-corrected chi connectivity index (χ0v) is 9.83. The molecule has 0 heterocycles. The third kappa shape index (κ3) is 3.61. The Kier molecular flexibility index (Phi) is 5.27. The maximum atomic E-state index is 13.5. The summed E-state index contributed by atoms with van der Waals surface area (Å²) in [4.78, 5) is 10.6. The summed E-state index contributed by atoms with van der Waals surface area (Å²) in [5, 5.41) is 8.57. The van der Waals surface area contributed by atoms with E-state index in [1.807, 2.05) is 0 Å². The van der Waals surface area contributed by atoms with E-state index < -0.39 is 23.9 Å². The Labute approximate surface area is 98.9 Å². The average molecular weight is 252 g/mol. The van der Waals surface area contributed by atoms with Crippen molar-refractivity contribution in [2.24, 2.45) is 5.92 Å². The summed E-state index contributed by atoms with van der Waals surface area (Å²) >= 11 is 0. The number of rotatable bonds is 6. The number of ether oxygens (including phenoxy) is 2. The minimum Gasteiger partial charge on any atom is -0.477 e. The molecule has 100 valence electrons. The van der Waals surface area contributed by atoms with Crippen molar-refractivity contribution >= 4 is 5.97 Å². The minimum absolute atomic E-state index is 0.315. The standard InChI is InChI=1S/C11H18F2O4/c1-16-7-17-9(11(12,13)10(14)15)8-5-3-2-4-6-8/h8-9H,2-7H2,1H3,(H,14,15). The number of carboxylic acids is 1. The van der Waals surface area contributed by atoms with Crippen molar-refractivity contribution in [3.8, 4) is 0 Å². The topological polar surface area (TPSA) is 55.8 Å². The molecule has 0 saturated heterocycles. The van der Waals surface area contributed by atoms with Crippen molar-refractivity contribution in [1.29, 1.82) is 0 Å². The van der Waals surface area contributed by atoms with E-state index in [2.05, 4.69) is 4.74 Å². The first-order valence-corrected chi connectivity index (χ1v) is 5.72. The van der Waals surface area contributed by atoms with Gasteiger partial charge in [0, 0.05) is 7.11 Å². The lowest BCUT2D eigenvalue weighted by Gasteiger charge is -2.33. The van der Waals surface area contributed by atoms with Gasteiger partial charge in [0.05, 0.1) is 0 Å². The van der Waals surface area contributed by atoms with Crippen molar-refractivity contribution < 1.29 is 28.2 Å². The van der Waals surface area contributed by atoms with E-state index >= 15 is 0 Å². The third-order valence-corrected chi connectivity index (χ3v) is 3.09. The van der Waals surface area contributed by atoms with Crippen molar-refractivity contribution in [2.75, 3.05) is 13.9 Å². The molecule has 0 aliphatic heterocycles. The zero-order valence-electron chi connectivity index (χ0n) is 9.83. The molecule has 1 saturated carbocycles. The Morgan fingerprint density at radius 2 is 2.00 bits per heavy atom. The minimum atomic E-state index is -3.86. The predicted octanol–water partition coefficient (Wildman–Crippen LogP) is 2.28. The molecule has 0 aromatic heterocycles. The van der Waals surface area contributed by atoms with Crippen LogP contribution < -0.4 is 0 Å². The molecular weight excluding hydrogens is 234 g/mol. The fourth-order valence-electron chi connectivity index (χ4n) is 2.24. The Bertz CT molecular complexity index is 252. The molecule has 17 heavy (non-hydrogen) atoms. The van der Waals surface area contributed by atoms with Gasteiger partial charge in [-0.05, 0) is 18.8 Å².